The van der Waals surface area contributed by atoms with Gasteiger partial charge in [-0.2, -0.15) is 0 Å². The molecule has 0 bridgehead atoms. The quantitative estimate of drug-likeness (QED) is 0.324. The molecule has 1 aromatic carbocycles. The number of nitrogens with one attached hydrogen (secondary N) is 2. The van der Waals surface area contributed by atoms with Crippen molar-refractivity contribution < 1.29 is 14.3 Å². The lowest BCUT2D eigenvalue weighted by Crippen LogP contribution is -2.39. The highest BCUT2D eigenvalue weighted by atomic mass is 127. The van der Waals surface area contributed by atoms with Crippen LogP contribution in [0.25, 0.3) is 0 Å². The van der Waals surface area contributed by atoms with E-state index in [2.05, 4.69) is 15.6 Å². The average molecular weight is 478 g/mol. The van der Waals surface area contributed by atoms with Crippen molar-refractivity contribution in [3.63, 3.8) is 0 Å². The average Bonchev–Trinajstić information content (AvgIpc) is 2.63. The van der Waals surface area contributed by atoms with Crippen LogP contribution in [0.3, 0.4) is 0 Å². The number of hydrogen-bond donors (Lipinski definition) is 2. The number of ether oxygens (including phenoxy) is 2. The highest BCUT2D eigenvalue weighted by molar-refractivity contribution is 14.0. The van der Waals surface area contributed by atoms with E-state index in [9.17, 15) is 4.79 Å². The minimum Gasteiger partial charge on any atom is -0.497 e. The molecular weight excluding hydrogens is 447 g/mol. The van der Waals surface area contributed by atoms with Crippen molar-refractivity contribution in [2.45, 2.75) is 26.8 Å². The van der Waals surface area contributed by atoms with E-state index in [0.717, 1.165) is 30.0 Å². The van der Waals surface area contributed by atoms with E-state index in [1.54, 1.807) is 14.2 Å². The van der Waals surface area contributed by atoms with Crippen molar-refractivity contribution in [2.75, 3.05) is 40.9 Å². The number of benzene rings is 1. The molecule has 0 aliphatic rings. The largest absolute Gasteiger partial charge is 0.497 e. The Balaban J connectivity index is 0.00000625. The van der Waals surface area contributed by atoms with Crippen LogP contribution in [0.4, 0.5) is 0 Å². The van der Waals surface area contributed by atoms with Crippen LogP contribution < -0.4 is 20.1 Å². The van der Waals surface area contributed by atoms with Gasteiger partial charge in [0.05, 0.1) is 14.2 Å². The topological polar surface area (TPSA) is 75.2 Å². The lowest BCUT2D eigenvalue weighted by atomic mass is 10.2. The Bertz CT molecular complexity index is 582. The van der Waals surface area contributed by atoms with E-state index < -0.39 is 0 Å². The van der Waals surface area contributed by atoms with Crippen LogP contribution >= 0.6 is 24.0 Å². The van der Waals surface area contributed by atoms with E-state index >= 15 is 0 Å². The molecule has 0 radical (unpaired) electrons. The van der Waals surface area contributed by atoms with Gasteiger partial charge in [-0.15, -0.1) is 24.0 Å². The number of carbonyl (C=O) groups is 1. The molecule has 8 heteroatoms. The molecular formula is C18H31IN4O3. The van der Waals surface area contributed by atoms with Gasteiger partial charge in [-0.1, -0.05) is 6.92 Å². The molecule has 7 nitrogen and oxygen atoms in total. The second kappa shape index (κ2) is 13.5. The number of rotatable bonds is 9. The van der Waals surface area contributed by atoms with Crippen molar-refractivity contribution in [2.24, 2.45) is 4.99 Å². The van der Waals surface area contributed by atoms with Gasteiger partial charge < -0.3 is 25.0 Å². The molecule has 0 unspecified atom stereocenters. The van der Waals surface area contributed by atoms with E-state index in [1.807, 2.05) is 44.0 Å². The molecule has 0 atom stereocenters. The molecule has 1 aromatic rings. The van der Waals surface area contributed by atoms with Gasteiger partial charge in [-0.3, -0.25) is 4.79 Å². The van der Waals surface area contributed by atoms with Crippen LogP contribution in [0.1, 0.15) is 25.8 Å². The molecule has 1 amide bonds. The number of amides is 1. The van der Waals surface area contributed by atoms with Gasteiger partial charge in [-0.25, -0.2) is 4.99 Å². The number of halogens is 1. The Hall–Kier alpha value is -1.71. The van der Waals surface area contributed by atoms with E-state index in [0.29, 0.717) is 19.0 Å². The summed E-state index contributed by atoms with van der Waals surface area (Å²) in [6, 6.07) is 5.71. The van der Waals surface area contributed by atoms with E-state index in [-0.39, 0.29) is 36.4 Å². The molecule has 0 fully saturated rings. The smallest absolute Gasteiger partial charge is 0.241 e. The third kappa shape index (κ3) is 8.11. The SMILES string of the molecule is CCCNC(=O)CN=C(NCC)N(C)Cc1ccc(OC)cc1OC.I. The van der Waals surface area contributed by atoms with Crippen LogP contribution in [0.5, 0.6) is 11.5 Å². The van der Waals surface area contributed by atoms with Crippen LogP contribution in [-0.2, 0) is 11.3 Å². The van der Waals surface area contributed by atoms with E-state index in [4.69, 9.17) is 9.47 Å². The molecule has 0 aliphatic carbocycles. The standard InChI is InChI=1S/C18H30N4O3.HI/c1-6-10-20-17(23)12-21-18(19-7-2)22(3)13-14-8-9-15(24-4)11-16(14)25-5;/h8-9,11H,6-7,10,12-13H2,1-5H3,(H,19,21)(H,20,23);1H. The summed E-state index contributed by atoms with van der Waals surface area (Å²) in [5, 5.41) is 6.03. The molecule has 1 rings (SSSR count). The first-order chi connectivity index (χ1) is 12.0. The molecule has 2 N–H and O–H groups in total. The van der Waals surface area contributed by atoms with Gasteiger partial charge in [0.2, 0.25) is 5.91 Å². The summed E-state index contributed by atoms with van der Waals surface area (Å²) in [5.41, 5.74) is 1.01. The molecule has 0 saturated carbocycles. The predicted molar refractivity (Wildman–Crippen MR) is 116 cm³/mol. The molecule has 148 valence electrons. The Morgan fingerprint density at radius 1 is 1.19 bits per heavy atom. The molecule has 0 aromatic heterocycles. The summed E-state index contributed by atoms with van der Waals surface area (Å²) in [4.78, 5) is 18.1. The predicted octanol–water partition coefficient (Wildman–Crippen LogP) is 2.25. The fraction of sp³-hybridized carbons (Fsp3) is 0.556. The fourth-order valence-electron chi connectivity index (χ4n) is 2.25. The summed E-state index contributed by atoms with van der Waals surface area (Å²) in [6.45, 7) is 6.10. The molecule has 0 heterocycles. The number of nitrogens with zero attached hydrogens (tertiary/aromatic N) is 2. The third-order valence-electron chi connectivity index (χ3n) is 3.54. The first-order valence-electron chi connectivity index (χ1n) is 8.52. The van der Waals surface area contributed by atoms with Crippen molar-refractivity contribution in [1.82, 2.24) is 15.5 Å². The number of methoxy groups -OCH3 is 2. The summed E-state index contributed by atoms with van der Waals surface area (Å²) in [7, 11) is 5.19. The van der Waals surface area contributed by atoms with Crippen molar-refractivity contribution in [1.29, 1.82) is 0 Å². The van der Waals surface area contributed by atoms with Crippen LogP contribution in [0.15, 0.2) is 23.2 Å². The monoisotopic (exact) mass is 478 g/mol. The van der Waals surface area contributed by atoms with Gasteiger partial charge in [0.1, 0.15) is 18.0 Å². The second-order valence-electron chi connectivity index (χ2n) is 5.55. The maximum absolute atomic E-state index is 11.8. The maximum Gasteiger partial charge on any atom is 0.241 e. The zero-order chi connectivity index (χ0) is 18.7. The van der Waals surface area contributed by atoms with Crippen molar-refractivity contribution in [3.8, 4) is 11.5 Å². The third-order valence-corrected chi connectivity index (χ3v) is 3.54. The normalized spacial score (nSPS) is 10.6. The molecule has 0 saturated heterocycles. The number of hydrogen-bond acceptors (Lipinski definition) is 4. The Kier molecular flexibility index (Phi) is 12.6. The lowest BCUT2D eigenvalue weighted by molar-refractivity contribution is -0.119. The minimum atomic E-state index is -0.0762. The number of carbonyl (C=O) groups excluding carboxylic acids is 1. The van der Waals surface area contributed by atoms with Crippen LogP contribution in [-0.4, -0.2) is 57.7 Å². The maximum atomic E-state index is 11.8. The Morgan fingerprint density at radius 3 is 2.50 bits per heavy atom. The van der Waals surface area contributed by atoms with E-state index in [1.165, 1.54) is 0 Å². The summed E-state index contributed by atoms with van der Waals surface area (Å²) in [6.07, 6.45) is 0.909. The zero-order valence-electron chi connectivity index (χ0n) is 16.3. The highest BCUT2D eigenvalue weighted by Gasteiger charge is 2.12. The second-order valence-corrected chi connectivity index (χ2v) is 5.55. The first-order valence-corrected chi connectivity index (χ1v) is 8.52. The minimum absolute atomic E-state index is 0. The molecule has 26 heavy (non-hydrogen) atoms. The van der Waals surface area contributed by atoms with Gasteiger partial charge in [0.15, 0.2) is 5.96 Å². The van der Waals surface area contributed by atoms with Gasteiger partial charge in [0.25, 0.3) is 0 Å². The molecule has 0 aliphatic heterocycles. The highest BCUT2D eigenvalue weighted by Crippen LogP contribution is 2.25. The number of aliphatic imine (C=N–C) groups is 1. The number of guanidine groups is 1. The summed E-state index contributed by atoms with van der Waals surface area (Å²) >= 11 is 0. The van der Waals surface area contributed by atoms with Crippen molar-refractivity contribution >= 4 is 35.8 Å². The Morgan fingerprint density at radius 2 is 1.92 bits per heavy atom. The van der Waals surface area contributed by atoms with Crippen LogP contribution in [0, 0.1) is 0 Å². The fourth-order valence-corrected chi connectivity index (χ4v) is 2.25. The zero-order valence-corrected chi connectivity index (χ0v) is 18.6. The van der Waals surface area contributed by atoms with Crippen LogP contribution in [0.2, 0.25) is 0 Å². The Labute approximate surface area is 173 Å². The van der Waals surface area contributed by atoms with Gasteiger partial charge in [-0.05, 0) is 25.5 Å². The molecule has 0 spiro atoms. The lowest BCUT2D eigenvalue weighted by Gasteiger charge is -2.23. The van der Waals surface area contributed by atoms with Gasteiger partial charge >= 0.3 is 0 Å². The summed E-state index contributed by atoms with van der Waals surface area (Å²) in [5.74, 6) is 2.10. The summed E-state index contributed by atoms with van der Waals surface area (Å²) < 4.78 is 10.7. The van der Waals surface area contributed by atoms with Crippen molar-refractivity contribution in [3.05, 3.63) is 23.8 Å². The van der Waals surface area contributed by atoms with Gasteiger partial charge in [0, 0.05) is 38.3 Å². The first kappa shape index (κ1) is 24.3.